The van der Waals surface area contributed by atoms with Crippen molar-refractivity contribution in [1.29, 1.82) is 0 Å². The fourth-order valence-electron chi connectivity index (χ4n) is 4.28. The molecule has 0 amide bonds. The number of hydrogen-bond acceptors (Lipinski definition) is 10. The van der Waals surface area contributed by atoms with E-state index in [1.807, 2.05) is 0 Å². The van der Waals surface area contributed by atoms with Crippen LogP contribution in [0.25, 0.3) is 0 Å². The molecule has 0 radical (unpaired) electrons. The van der Waals surface area contributed by atoms with Gasteiger partial charge < -0.3 is 30.6 Å². The summed E-state index contributed by atoms with van der Waals surface area (Å²) in [6, 6.07) is 23.9. The smallest absolute Gasteiger partial charge is 0.196 e. The minimum Gasteiger partial charge on any atom is -0.496 e. The first-order valence-corrected chi connectivity index (χ1v) is 12.9. The Labute approximate surface area is 243 Å². The average molecular weight is 567 g/mol. The van der Waals surface area contributed by atoms with Gasteiger partial charge in [-0.1, -0.05) is 24.3 Å². The first-order valence-electron chi connectivity index (χ1n) is 12.9. The molecule has 214 valence electrons. The fraction of sp³-hybridized carbons (Fsp3) is 0.125. The number of ether oxygens (including phenoxy) is 4. The lowest BCUT2D eigenvalue weighted by Gasteiger charge is -2.14. The highest BCUT2D eigenvalue weighted by Gasteiger charge is 2.17. The molecule has 0 atom stereocenters. The lowest BCUT2D eigenvalue weighted by atomic mass is 10.00. The molecule has 4 aromatic rings. The molecule has 0 spiro atoms. The Balaban J connectivity index is 1.45. The molecular weight excluding hydrogens is 536 g/mol. The highest BCUT2D eigenvalue weighted by Crippen LogP contribution is 2.26. The van der Waals surface area contributed by atoms with Crippen molar-refractivity contribution >= 4 is 24.0 Å². The number of rotatable bonds is 13. The third-order valence-corrected chi connectivity index (χ3v) is 6.27. The van der Waals surface area contributed by atoms with Crippen LogP contribution in [0.1, 0.15) is 43.0 Å². The number of nitrogens with zero attached hydrogens (tertiary/aromatic N) is 2. The molecule has 0 aliphatic rings. The van der Waals surface area contributed by atoms with Gasteiger partial charge in [0.25, 0.3) is 0 Å². The Morgan fingerprint density at radius 3 is 1.40 bits per heavy atom. The second kappa shape index (κ2) is 14.1. The van der Waals surface area contributed by atoms with Crippen molar-refractivity contribution < 1.29 is 28.5 Å². The monoisotopic (exact) mass is 566 g/mol. The molecule has 4 N–H and O–H groups in total. The van der Waals surface area contributed by atoms with E-state index >= 15 is 0 Å². The summed E-state index contributed by atoms with van der Waals surface area (Å²) in [6.07, 6.45) is 2.81. The van der Waals surface area contributed by atoms with E-state index in [0.29, 0.717) is 56.4 Å². The van der Waals surface area contributed by atoms with Crippen molar-refractivity contribution in [2.24, 2.45) is 21.9 Å². The normalized spacial score (nSPS) is 11.0. The van der Waals surface area contributed by atoms with Crippen molar-refractivity contribution in [3.8, 4) is 23.0 Å². The number of nitrogens with two attached hydrogens (primary N) is 2. The Bertz CT molecular complexity index is 1510. The van der Waals surface area contributed by atoms with Crippen LogP contribution in [-0.4, -0.2) is 51.4 Å². The third-order valence-electron chi connectivity index (χ3n) is 6.27. The largest absolute Gasteiger partial charge is 0.496 e. The Morgan fingerprint density at radius 1 is 0.619 bits per heavy atom. The van der Waals surface area contributed by atoms with Crippen molar-refractivity contribution in [3.05, 3.63) is 118 Å². The molecule has 42 heavy (non-hydrogen) atoms. The lowest BCUT2D eigenvalue weighted by molar-refractivity contribution is 0.102. The van der Waals surface area contributed by atoms with Gasteiger partial charge in [0.15, 0.2) is 11.6 Å². The maximum Gasteiger partial charge on any atom is 0.196 e. The topological polar surface area (TPSA) is 148 Å². The Kier molecular flexibility index (Phi) is 9.87. The third kappa shape index (κ3) is 6.73. The number of hydrazone groups is 2. The molecule has 4 rings (SSSR count). The molecule has 4 aromatic carbocycles. The van der Waals surface area contributed by atoms with Gasteiger partial charge in [0.05, 0.1) is 37.8 Å². The standard InChI is InChI=1S/C32H30N4O6/c1-39-29-9-5-3-7-25(29)31(37)21-11-13-27(23(17-21)19-35-33)41-15-16-42-28-14-12-22(18-24(28)20-36-34)32(38)26-8-4-6-10-30(26)40-2/h3-14,17-20H,15-16,33-34H2,1-2H3. The van der Waals surface area contributed by atoms with Gasteiger partial charge in [-0.05, 0) is 60.7 Å². The van der Waals surface area contributed by atoms with Gasteiger partial charge in [-0.3, -0.25) is 9.59 Å². The summed E-state index contributed by atoms with van der Waals surface area (Å²) < 4.78 is 22.5. The molecule has 0 aliphatic carbocycles. The molecule has 0 heterocycles. The predicted octanol–water partition coefficient (Wildman–Crippen LogP) is 4.21. The van der Waals surface area contributed by atoms with Crippen LogP contribution in [0.15, 0.2) is 95.1 Å². The van der Waals surface area contributed by atoms with Crippen molar-refractivity contribution in [2.45, 2.75) is 0 Å². The lowest BCUT2D eigenvalue weighted by Crippen LogP contribution is -2.12. The van der Waals surface area contributed by atoms with Crippen LogP contribution in [0.4, 0.5) is 0 Å². The van der Waals surface area contributed by atoms with E-state index in [1.54, 1.807) is 84.9 Å². The zero-order chi connectivity index (χ0) is 29.9. The predicted molar refractivity (Wildman–Crippen MR) is 160 cm³/mol. The quantitative estimate of drug-likeness (QED) is 0.0804. The van der Waals surface area contributed by atoms with E-state index in [2.05, 4.69) is 10.2 Å². The van der Waals surface area contributed by atoms with E-state index in [1.165, 1.54) is 26.6 Å². The first kappa shape index (κ1) is 29.3. The van der Waals surface area contributed by atoms with Crippen LogP contribution in [0.3, 0.4) is 0 Å². The minimum atomic E-state index is -0.212. The zero-order valence-electron chi connectivity index (χ0n) is 23.2. The SMILES string of the molecule is COc1ccccc1C(=O)c1ccc(OCCOc2ccc(C(=O)c3ccccc3OC)cc2C=NN)c(C=NN)c1. The number of ketones is 2. The van der Waals surface area contributed by atoms with Gasteiger partial charge in [0, 0.05) is 22.3 Å². The van der Waals surface area contributed by atoms with Gasteiger partial charge in [0.2, 0.25) is 0 Å². The molecule has 0 saturated heterocycles. The van der Waals surface area contributed by atoms with Gasteiger partial charge in [-0.25, -0.2) is 0 Å². The number of benzene rings is 4. The molecule has 0 aliphatic heterocycles. The maximum atomic E-state index is 13.1. The first-order chi connectivity index (χ1) is 20.5. The molecule has 0 unspecified atom stereocenters. The van der Waals surface area contributed by atoms with Gasteiger partial charge in [0.1, 0.15) is 36.2 Å². The van der Waals surface area contributed by atoms with E-state index < -0.39 is 0 Å². The van der Waals surface area contributed by atoms with Gasteiger partial charge >= 0.3 is 0 Å². The van der Waals surface area contributed by atoms with Crippen LogP contribution in [-0.2, 0) is 0 Å². The highest BCUT2D eigenvalue weighted by molar-refractivity contribution is 6.12. The molecule has 10 nitrogen and oxygen atoms in total. The van der Waals surface area contributed by atoms with Crippen LogP contribution < -0.4 is 30.6 Å². The van der Waals surface area contributed by atoms with E-state index in [0.717, 1.165) is 0 Å². The Morgan fingerprint density at radius 2 is 1.02 bits per heavy atom. The summed E-state index contributed by atoms with van der Waals surface area (Å²) in [5, 5.41) is 7.21. The summed E-state index contributed by atoms with van der Waals surface area (Å²) in [4.78, 5) is 26.2. The summed E-state index contributed by atoms with van der Waals surface area (Å²) in [5.41, 5.74) is 2.76. The van der Waals surface area contributed by atoms with E-state index in [-0.39, 0.29) is 24.8 Å². The van der Waals surface area contributed by atoms with Gasteiger partial charge in [-0.15, -0.1) is 0 Å². The van der Waals surface area contributed by atoms with Crippen LogP contribution in [0.5, 0.6) is 23.0 Å². The van der Waals surface area contributed by atoms with E-state index in [9.17, 15) is 9.59 Å². The Hall–Kier alpha value is -5.64. The van der Waals surface area contributed by atoms with Crippen molar-refractivity contribution in [2.75, 3.05) is 27.4 Å². The summed E-state index contributed by atoms with van der Waals surface area (Å²) >= 11 is 0. The van der Waals surface area contributed by atoms with Crippen molar-refractivity contribution in [1.82, 2.24) is 0 Å². The van der Waals surface area contributed by atoms with Gasteiger partial charge in [-0.2, -0.15) is 10.2 Å². The number of hydrogen-bond donors (Lipinski definition) is 2. The number of carbonyl (C=O) groups excluding carboxylic acids is 2. The van der Waals surface area contributed by atoms with Crippen LogP contribution in [0.2, 0.25) is 0 Å². The zero-order valence-corrected chi connectivity index (χ0v) is 23.2. The summed E-state index contributed by atoms with van der Waals surface area (Å²) in [6.45, 7) is 0.318. The molecule has 0 bridgehead atoms. The number of methoxy groups -OCH3 is 2. The van der Waals surface area contributed by atoms with Crippen LogP contribution >= 0.6 is 0 Å². The van der Waals surface area contributed by atoms with Crippen molar-refractivity contribution in [3.63, 3.8) is 0 Å². The minimum absolute atomic E-state index is 0.159. The summed E-state index contributed by atoms with van der Waals surface area (Å²) in [5.74, 6) is 12.3. The molecule has 10 heteroatoms. The second-order valence-electron chi connectivity index (χ2n) is 8.82. The molecule has 0 aromatic heterocycles. The highest BCUT2D eigenvalue weighted by atomic mass is 16.5. The maximum absolute atomic E-state index is 13.1. The molecular formula is C32H30N4O6. The number of para-hydroxylation sites is 2. The summed E-state index contributed by atoms with van der Waals surface area (Å²) in [7, 11) is 3.03. The van der Waals surface area contributed by atoms with Crippen LogP contribution in [0, 0.1) is 0 Å². The van der Waals surface area contributed by atoms with E-state index in [4.69, 9.17) is 30.6 Å². The fourth-order valence-corrected chi connectivity index (χ4v) is 4.28. The average Bonchev–Trinajstić information content (AvgIpc) is 3.03. The second-order valence-corrected chi connectivity index (χ2v) is 8.82. The number of carbonyl (C=O) groups is 2. The molecule has 0 fully saturated rings. The molecule has 0 saturated carbocycles.